The van der Waals surface area contributed by atoms with Crippen molar-refractivity contribution in [3.05, 3.63) is 108 Å². The zero-order valence-corrected chi connectivity index (χ0v) is 84.2. The summed E-state index contributed by atoms with van der Waals surface area (Å²) in [6.07, 6.45) is 7.37. The Morgan fingerprint density at radius 2 is 0.911 bits per heavy atom. The Morgan fingerprint density at radius 1 is 0.545 bits per heavy atom. The van der Waals surface area contributed by atoms with Crippen LogP contribution in [0.1, 0.15) is 138 Å². The molecule has 4 saturated heterocycles. The number of ketones is 1. The summed E-state index contributed by atoms with van der Waals surface area (Å²) in [5, 5.41) is 19.4. The van der Waals surface area contributed by atoms with Gasteiger partial charge in [-0.3, -0.25) is 38.4 Å². The van der Waals surface area contributed by atoms with E-state index in [-0.39, 0.29) is 377 Å². The first-order valence-corrected chi connectivity index (χ1v) is 36.1. The molecule has 4 aliphatic heterocycles. The van der Waals surface area contributed by atoms with Gasteiger partial charge in [0.25, 0.3) is 6.47 Å². The van der Waals surface area contributed by atoms with Crippen LogP contribution in [0.2, 0.25) is 0 Å². The second-order valence-electron chi connectivity index (χ2n) is 24.9. The molecule has 10 rings (SSSR count). The van der Waals surface area contributed by atoms with Gasteiger partial charge in [-0.25, -0.2) is 14.4 Å². The number of amides is 6. The molecule has 0 unspecified atom stereocenters. The molecule has 0 aromatic heterocycles. The van der Waals surface area contributed by atoms with E-state index in [4.69, 9.17) is 57.4 Å². The summed E-state index contributed by atoms with van der Waals surface area (Å²) in [7, 11) is 0.0901. The number of rotatable bonds is 23. The number of hydrogen-bond acceptors (Lipinski definition) is 23. The zero-order chi connectivity index (χ0) is 72.0. The van der Waals surface area contributed by atoms with Crippen molar-refractivity contribution in [1.82, 2.24) is 31.1 Å². The number of Topliss-reactive ketones (excluding diaryl/α,β-unsaturated/α-hetero) is 1. The predicted molar refractivity (Wildman–Crippen MR) is 438 cm³/mol. The van der Waals surface area contributed by atoms with Crippen LogP contribution in [-0.2, 0) is 121 Å². The third-order valence-corrected chi connectivity index (χ3v) is 19.0. The van der Waals surface area contributed by atoms with Gasteiger partial charge in [0.15, 0.2) is 11.6 Å². The van der Waals surface area contributed by atoms with Gasteiger partial charge in [0.2, 0.25) is 17.7 Å². The van der Waals surface area contributed by atoms with Gasteiger partial charge >= 0.3 is 174 Å². The minimum atomic E-state index is -0.795. The van der Waals surface area contributed by atoms with Gasteiger partial charge in [-0.2, -0.15) is 81.0 Å². The van der Waals surface area contributed by atoms with Crippen LogP contribution in [0.3, 0.4) is 0 Å². The molecule has 3 aliphatic carbocycles. The molecule has 4 N–H and O–H groups in total. The second kappa shape index (κ2) is 64.4. The van der Waals surface area contributed by atoms with E-state index < -0.39 is 77.7 Å². The second-order valence-corrected chi connectivity index (χ2v) is 27.3. The summed E-state index contributed by atoms with van der Waals surface area (Å²) >= 11 is 0. The quantitative estimate of drug-likeness (QED) is 0.0153. The first kappa shape index (κ1) is 121. The Kier molecular flexibility index (Phi) is 69.8. The van der Waals surface area contributed by atoms with E-state index in [2.05, 4.69) is 38.7 Å². The normalized spacial score (nSPS) is 21.0. The SMILES string of the molecule is C.C.C.CCOC(=O)[C@@H]1CC(=O)CC[C@@H]1N1CC[C@H](NC(=O)OCc2ccccc2)C1=O.CCOC(=O)[C@@H]1CC2(CC[C@@H]1N1CC[C@H](NC(=O)OCc3ccccc3)C1=O)OCCO2.CCOC(=O)[C@@H]1CC2(CC[C@@H]1NC(=O)[C@H](CC[S+](C)C)NC(=O)OCc1ccccc1)OCCO2.O=CO[O-].S.S.S.S.S.S.[Cs+].[Cs+].[H-].[I-]. The monoisotopic (exact) mass is 2060 g/mol. The van der Waals surface area contributed by atoms with Crippen LogP contribution < -0.4 is 188 Å². The Balaban J connectivity index is -0.000000276. The van der Waals surface area contributed by atoms with E-state index in [1.807, 2.05) is 91.0 Å². The van der Waals surface area contributed by atoms with Gasteiger partial charge in [0.05, 0.1) is 76.5 Å². The maximum Gasteiger partial charge on any atom is 1.00 e. The summed E-state index contributed by atoms with van der Waals surface area (Å²) in [4.78, 5) is 140. The van der Waals surface area contributed by atoms with E-state index >= 15 is 0 Å². The van der Waals surface area contributed by atoms with Crippen molar-refractivity contribution in [2.75, 3.05) is 77.6 Å². The van der Waals surface area contributed by atoms with Crippen molar-refractivity contribution in [2.24, 2.45) is 17.8 Å². The van der Waals surface area contributed by atoms with Crippen LogP contribution in [0, 0.1) is 17.8 Å². The summed E-state index contributed by atoms with van der Waals surface area (Å²) in [6.45, 7) is 8.98. The van der Waals surface area contributed by atoms with Gasteiger partial charge in [0.1, 0.15) is 49.5 Å². The molecule has 112 heavy (non-hydrogen) atoms. The molecule has 3 aromatic rings. The zero-order valence-electron chi connectivity index (χ0n) is 63.7. The molecule has 9 atom stereocenters. The Labute approximate surface area is 841 Å². The molecule has 6 amide bonds. The number of likely N-dealkylation sites (tertiary alicyclic amines) is 2. The van der Waals surface area contributed by atoms with Crippen LogP contribution in [-0.4, -0.2) is 201 Å². The van der Waals surface area contributed by atoms with Crippen LogP contribution in [0.15, 0.2) is 91.0 Å². The molecule has 0 bridgehead atoms. The molecule has 630 valence electrons. The van der Waals surface area contributed by atoms with Crippen molar-refractivity contribution >= 4 is 158 Å². The molecular weight excluding hydrogens is 1950 g/mol. The van der Waals surface area contributed by atoms with Crippen molar-refractivity contribution in [2.45, 2.75) is 188 Å². The maximum atomic E-state index is 13.3. The smallest absolute Gasteiger partial charge is 1.00 e. The Morgan fingerprint density at radius 3 is 1.30 bits per heavy atom. The topological polar surface area (TPSA) is 367 Å². The van der Waals surface area contributed by atoms with Gasteiger partial charge in [-0.05, 0) is 80.5 Å². The van der Waals surface area contributed by atoms with E-state index in [1.54, 1.807) is 30.6 Å². The molecule has 7 aliphatic rings. The van der Waals surface area contributed by atoms with Crippen molar-refractivity contribution in [1.29, 1.82) is 0 Å². The fraction of sp³-hybridized carbons (Fsp3) is 0.603. The number of benzene rings is 3. The summed E-state index contributed by atoms with van der Waals surface area (Å²) in [5.74, 6) is -4.53. The van der Waals surface area contributed by atoms with Gasteiger partial charge in [-0.15, -0.1) is 0 Å². The van der Waals surface area contributed by atoms with Crippen LogP contribution >= 0.6 is 81.0 Å². The molecule has 3 aromatic carbocycles. The summed E-state index contributed by atoms with van der Waals surface area (Å²) < 4.78 is 54.7. The van der Waals surface area contributed by atoms with Crippen LogP contribution in [0.5, 0.6) is 0 Å². The largest absolute Gasteiger partial charge is 1.00 e. The van der Waals surface area contributed by atoms with Crippen molar-refractivity contribution in [3.63, 3.8) is 0 Å². The molecule has 2 spiro atoms. The molecular formula is C73H119Cs2IN6O23S7. The van der Waals surface area contributed by atoms with Gasteiger partial charge in [-0.1, -0.05) is 113 Å². The molecule has 39 heteroatoms. The molecule has 29 nitrogen and oxygen atoms in total. The van der Waals surface area contributed by atoms with E-state index in [0.29, 0.717) is 110 Å². The number of carbonyl (C=O) groups is 11. The van der Waals surface area contributed by atoms with Crippen LogP contribution in [0.25, 0.3) is 0 Å². The Hall–Kier alpha value is -1.49. The van der Waals surface area contributed by atoms with E-state index in [1.165, 1.54) is 0 Å². The molecule has 3 saturated carbocycles. The summed E-state index contributed by atoms with van der Waals surface area (Å²) in [6, 6.07) is 24.7. The third kappa shape index (κ3) is 38.9. The fourth-order valence-electron chi connectivity index (χ4n) is 13.2. The maximum absolute atomic E-state index is 13.3. The minimum absolute atomic E-state index is 0. The number of esters is 3. The number of ether oxygens (including phenoxy) is 10. The predicted octanol–water partition coefficient (Wildman–Crippen LogP) is -1.91. The first-order valence-electron chi connectivity index (χ1n) is 33.9. The van der Waals surface area contributed by atoms with Gasteiger partial charge < -0.3 is 114 Å². The first-order chi connectivity index (χ1) is 48.2. The number of halogens is 1. The van der Waals surface area contributed by atoms with E-state index in [9.17, 15) is 47.9 Å². The average Bonchev–Trinajstić information content (AvgIpc) is 1.72. The fourth-order valence-corrected chi connectivity index (χ4v) is 13.9. The number of hydrogen-bond donors (Lipinski definition) is 4. The van der Waals surface area contributed by atoms with Gasteiger partial charge in [0, 0.05) is 76.2 Å². The Bertz CT molecular complexity index is 3220. The number of carbonyl (C=O) groups excluding carboxylic acids is 11. The molecule has 7 fully saturated rings. The van der Waals surface area contributed by atoms with E-state index in [0.717, 1.165) is 22.4 Å². The number of nitrogens with zero attached hydrogens (tertiary/aromatic N) is 2. The third-order valence-electron chi connectivity index (χ3n) is 18.0. The molecule has 0 radical (unpaired) electrons. The van der Waals surface area contributed by atoms with Crippen molar-refractivity contribution < 1.29 is 273 Å². The standard InChI is InChI=1S/C25H36N2O7S.C23H30N2O7.C21H26N2O6.CH2O3.3CH4.2Cs.HI.6H2S.H/c1-4-31-23(29)19-16-25(33-13-14-34-25)12-10-20(19)26-22(28)21(11-15-35(2)3)27-24(30)32-17-18-8-6-5-7-9-18;1-2-29-21(27)17-14-23(31-12-13-32-23)10-8-19(17)25-11-9-18(20(25)26)24-22(28)30-15-16-6-4-3-5-7-16;1-2-28-20(26)16-12-15(24)8-9-18(16)23-11-10-17(19(23)25)22-21(27)29-13-14-6-4-3-5-7-14;2-1-4-3;;;;;;;;;;;;;/h5-9,19-21H,4,10-17H2,1-3H3,(H-,26,27,28,30);3-7,17-19H,2,8-15H2,1H3,(H,24,28);3-7,16-18H,2,8-13H2,1H3,(H,22,27);1,3H;3*1H4;;;1H;6*1H2;/q;;;;;;;2*+1;;;;;;;;-1/p-1/t19-,20+,21+;17-,18+,19+;16-,17+,18+;;;;;;;;;;;;;;/m111............../s1. The number of nitrogens with one attached hydrogen (secondary N) is 4. The number of alkyl carbamates (subject to hydrolysis) is 3. The summed E-state index contributed by atoms with van der Waals surface area (Å²) in [5.41, 5.74) is 2.58. The van der Waals surface area contributed by atoms with Crippen molar-refractivity contribution in [3.8, 4) is 0 Å². The average molecular weight is 2070 g/mol. The minimum Gasteiger partial charge on any atom is -1.00 e. The van der Waals surface area contributed by atoms with Crippen LogP contribution in [0.4, 0.5) is 14.4 Å². The molecule has 4 heterocycles.